The molecule has 2 rings (SSSR count). The average Bonchev–Trinajstić information content (AvgIpc) is 2.27. The summed E-state index contributed by atoms with van der Waals surface area (Å²) in [6.07, 6.45) is 0. The summed E-state index contributed by atoms with van der Waals surface area (Å²) in [5, 5.41) is 3.65. The van der Waals surface area contributed by atoms with Gasteiger partial charge in [-0.05, 0) is 32.2 Å². The van der Waals surface area contributed by atoms with Crippen LogP contribution in [0, 0.1) is 0 Å². The Morgan fingerprint density at radius 1 is 1.50 bits per heavy atom. The fourth-order valence-corrected chi connectivity index (χ4v) is 1.82. The summed E-state index contributed by atoms with van der Waals surface area (Å²) in [6.45, 7) is 1.95. The molecule has 0 aliphatic carbocycles. The number of hydrogen-bond acceptors (Lipinski definition) is 3. The van der Waals surface area contributed by atoms with Crippen LogP contribution >= 0.6 is 15.9 Å². The van der Waals surface area contributed by atoms with E-state index in [4.69, 9.17) is 0 Å². The summed E-state index contributed by atoms with van der Waals surface area (Å²) in [7, 11) is 1.83. The fourth-order valence-electron chi connectivity index (χ4n) is 1.47. The second-order valence-electron chi connectivity index (χ2n) is 3.62. The van der Waals surface area contributed by atoms with Crippen molar-refractivity contribution in [3.63, 3.8) is 0 Å². The summed E-state index contributed by atoms with van der Waals surface area (Å²) in [5.41, 5.74) is 0.602. The summed E-state index contributed by atoms with van der Waals surface area (Å²) in [4.78, 5) is 19.0. The Labute approximate surface area is 101 Å². The van der Waals surface area contributed by atoms with Crippen molar-refractivity contribution >= 4 is 26.8 Å². The van der Waals surface area contributed by atoms with E-state index in [1.165, 1.54) is 0 Å². The van der Waals surface area contributed by atoms with Crippen LogP contribution in [0.5, 0.6) is 0 Å². The van der Waals surface area contributed by atoms with Gasteiger partial charge in [0, 0.05) is 4.47 Å². The number of nitrogens with zero attached hydrogens (tertiary/aromatic N) is 1. The normalized spacial score (nSPS) is 12.9. The zero-order valence-electron chi connectivity index (χ0n) is 9.04. The van der Waals surface area contributed by atoms with Crippen LogP contribution in [-0.2, 0) is 0 Å². The molecule has 0 saturated carbocycles. The molecule has 1 aromatic carbocycles. The first-order chi connectivity index (χ1) is 7.61. The van der Waals surface area contributed by atoms with Gasteiger partial charge in [0.05, 0.1) is 16.9 Å². The zero-order valence-corrected chi connectivity index (χ0v) is 10.6. The lowest BCUT2D eigenvalue weighted by Crippen LogP contribution is -2.20. The molecule has 0 bridgehead atoms. The minimum atomic E-state index is -0.102. The van der Waals surface area contributed by atoms with Gasteiger partial charge in [-0.3, -0.25) is 4.79 Å². The maximum Gasteiger partial charge on any atom is 0.258 e. The predicted octanol–water partition coefficient (Wildman–Crippen LogP) is 1.97. The van der Waals surface area contributed by atoms with Crippen molar-refractivity contribution in [3.8, 4) is 0 Å². The zero-order chi connectivity index (χ0) is 11.7. The Kier molecular flexibility index (Phi) is 3.07. The molecule has 5 heteroatoms. The summed E-state index contributed by atoms with van der Waals surface area (Å²) in [5.74, 6) is 0.651. The number of H-pyrrole nitrogens is 1. The highest BCUT2D eigenvalue weighted by Crippen LogP contribution is 2.16. The third-order valence-electron chi connectivity index (χ3n) is 2.53. The topological polar surface area (TPSA) is 57.8 Å². The molecule has 0 aliphatic rings. The number of aromatic amines is 1. The number of halogens is 1. The number of hydrogen-bond donors (Lipinski definition) is 2. The van der Waals surface area contributed by atoms with E-state index in [1.54, 1.807) is 6.07 Å². The lowest BCUT2D eigenvalue weighted by Gasteiger charge is -2.09. The van der Waals surface area contributed by atoms with Crippen LogP contribution in [0.15, 0.2) is 27.5 Å². The molecule has 1 atom stereocenters. The van der Waals surface area contributed by atoms with Crippen molar-refractivity contribution in [1.29, 1.82) is 0 Å². The van der Waals surface area contributed by atoms with Gasteiger partial charge in [0.15, 0.2) is 0 Å². The van der Waals surface area contributed by atoms with E-state index in [0.29, 0.717) is 16.7 Å². The molecule has 16 heavy (non-hydrogen) atoms. The van der Waals surface area contributed by atoms with Gasteiger partial charge in [0.25, 0.3) is 5.56 Å². The maximum atomic E-state index is 11.8. The van der Waals surface area contributed by atoms with Gasteiger partial charge in [-0.15, -0.1) is 0 Å². The molecule has 1 unspecified atom stereocenters. The fraction of sp³-hybridized carbons (Fsp3) is 0.273. The van der Waals surface area contributed by atoms with Gasteiger partial charge < -0.3 is 10.3 Å². The highest BCUT2D eigenvalue weighted by atomic mass is 79.9. The van der Waals surface area contributed by atoms with Crippen molar-refractivity contribution in [2.24, 2.45) is 0 Å². The largest absolute Gasteiger partial charge is 0.311 e. The molecule has 0 radical (unpaired) electrons. The standard InChI is InChI=1S/C11H12BrN3O/c1-6(13-2)10-14-9-5-7(12)3-4-8(9)11(16)15-10/h3-6,13H,1-2H3,(H,14,15,16). The molecule has 2 aromatic rings. The SMILES string of the molecule is CNC(C)c1nc2cc(Br)ccc2c(=O)[nH]1. The highest BCUT2D eigenvalue weighted by Gasteiger charge is 2.08. The van der Waals surface area contributed by atoms with Crippen LogP contribution < -0.4 is 10.9 Å². The van der Waals surface area contributed by atoms with E-state index >= 15 is 0 Å². The van der Waals surface area contributed by atoms with Crippen molar-refractivity contribution in [1.82, 2.24) is 15.3 Å². The molecule has 4 nitrogen and oxygen atoms in total. The number of rotatable bonds is 2. The Bertz CT molecular complexity index is 579. The second-order valence-corrected chi connectivity index (χ2v) is 4.54. The lowest BCUT2D eigenvalue weighted by molar-refractivity contribution is 0.611. The van der Waals surface area contributed by atoms with E-state index in [2.05, 4.69) is 31.2 Å². The van der Waals surface area contributed by atoms with Crippen molar-refractivity contribution in [2.75, 3.05) is 7.05 Å². The van der Waals surface area contributed by atoms with E-state index in [1.807, 2.05) is 26.1 Å². The minimum Gasteiger partial charge on any atom is -0.311 e. The third-order valence-corrected chi connectivity index (χ3v) is 3.02. The first-order valence-corrected chi connectivity index (χ1v) is 5.78. The quantitative estimate of drug-likeness (QED) is 0.885. The second kappa shape index (κ2) is 4.35. The summed E-state index contributed by atoms with van der Waals surface area (Å²) >= 11 is 3.37. The number of nitrogens with one attached hydrogen (secondary N) is 2. The summed E-state index contributed by atoms with van der Waals surface area (Å²) in [6, 6.07) is 5.46. The first-order valence-electron chi connectivity index (χ1n) is 4.98. The van der Waals surface area contributed by atoms with Crippen LogP contribution in [0.25, 0.3) is 10.9 Å². The molecule has 0 fully saturated rings. The van der Waals surface area contributed by atoms with Crippen molar-refractivity contribution in [2.45, 2.75) is 13.0 Å². The van der Waals surface area contributed by atoms with E-state index in [9.17, 15) is 4.79 Å². The van der Waals surface area contributed by atoms with Gasteiger partial charge in [-0.25, -0.2) is 4.98 Å². The van der Waals surface area contributed by atoms with Crippen molar-refractivity contribution in [3.05, 3.63) is 38.9 Å². The first kappa shape index (κ1) is 11.3. The van der Waals surface area contributed by atoms with E-state index in [-0.39, 0.29) is 11.6 Å². The number of benzene rings is 1. The molecule has 0 aliphatic heterocycles. The van der Waals surface area contributed by atoms with Crippen LogP contribution in [0.2, 0.25) is 0 Å². The molecule has 2 N–H and O–H groups in total. The van der Waals surface area contributed by atoms with Gasteiger partial charge in [0.1, 0.15) is 5.82 Å². The minimum absolute atomic E-state index is 0.0241. The molecular formula is C11H12BrN3O. The molecular weight excluding hydrogens is 270 g/mol. The Morgan fingerprint density at radius 2 is 2.25 bits per heavy atom. The van der Waals surface area contributed by atoms with Crippen LogP contribution in [0.4, 0.5) is 0 Å². The highest BCUT2D eigenvalue weighted by molar-refractivity contribution is 9.10. The van der Waals surface area contributed by atoms with Crippen LogP contribution in [-0.4, -0.2) is 17.0 Å². The monoisotopic (exact) mass is 281 g/mol. The number of aromatic nitrogens is 2. The van der Waals surface area contributed by atoms with Crippen LogP contribution in [0.3, 0.4) is 0 Å². The van der Waals surface area contributed by atoms with Gasteiger partial charge in [0.2, 0.25) is 0 Å². The van der Waals surface area contributed by atoms with Gasteiger partial charge >= 0.3 is 0 Å². The average molecular weight is 282 g/mol. The van der Waals surface area contributed by atoms with Crippen LogP contribution in [0.1, 0.15) is 18.8 Å². The van der Waals surface area contributed by atoms with Crippen molar-refractivity contribution < 1.29 is 0 Å². The molecule has 1 heterocycles. The molecule has 1 aromatic heterocycles. The third kappa shape index (κ3) is 2.01. The molecule has 0 spiro atoms. The Hall–Kier alpha value is -1.20. The van der Waals surface area contributed by atoms with E-state index in [0.717, 1.165) is 4.47 Å². The Morgan fingerprint density at radius 3 is 2.94 bits per heavy atom. The van der Waals surface area contributed by atoms with Gasteiger partial charge in [-0.2, -0.15) is 0 Å². The Balaban J connectivity index is 2.70. The molecule has 84 valence electrons. The van der Waals surface area contributed by atoms with Gasteiger partial charge in [-0.1, -0.05) is 15.9 Å². The lowest BCUT2D eigenvalue weighted by atomic mass is 10.2. The summed E-state index contributed by atoms with van der Waals surface area (Å²) < 4.78 is 0.918. The molecule has 0 amide bonds. The smallest absolute Gasteiger partial charge is 0.258 e. The number of fused-ring (bicyclic) bond motifs is 1. The predicted molar refractivity (Wildman–Crippen MR) is 67.5 cm³/mol. The molecule has 0 saturated heterocycles. The maximum absolute atomic E-state index is 11.8. The van der Waals surface area contributed by atoms with E-state index < -0.39 is 0 Å².